The summed E-state index contributed by atoms with van der Waals surface area (Å²) in [5.41, 5.74) is 0.954. The highest BCUT2D eigenvalue weighted by atomic mass is 32.1. The number of imidazole rings is 1. The van der Waals surface area contributed by atoms with Crippen molar-refractivity contribution in [1.82, 2.24) is 9.55 Å². The summed E-state index contributed by atoms with van der Waals surface area (Å²) in [5, 5.41) is 0. The van der Waals surface area contributed by atoms with E-state index in [4.69, 9.17) is 12.2 Å². The molecule has 1 aromatic heterocycles. The maximum Gasteiger partial charge on any atom is 0.184 e. The number of hydrogen-bond donors (Lipinski definition) is 1. The van der Waals surface area contributed by atoms with Crippen LogP contribution in [0.4, 0.5) is 8.78 Å². The molecule has 0 unspecified atom stereocenters. The van der Waals surface area contributed by atoms with Gasteiger partial charge in [-0.15, -0.1) is 0 Å². The van der Waals surface area contributed by atoms with E-state index in [1.807, 2.05) is 0 Å². The molecule has 1 heterocycles. The predicted octanol–water partition coefficient (Wildman–Crippen LogP) is 4.56. The first-order valence-electron chi connectivity index (χ1n) is 6.57. The molecule has 2 nitrogen and oxygen atoms in total. The SMILES string of the molecule is CC1(Cn2c(=S)[nH]c3ccc(F)c(F)c32)CCCC1. The van der Waals surface area contributed by atoms with Crippen molar-refractivity contribution in [3.8, 4) is 0 Å². The zero-order chi connectivity index (χ0) is 13.6. The van der Waals surface area contributed by atoms with E-state index in [1.165, 1.54) is 18.9 Å². The van der Waals surface area contributed by atoms with E-state index in [0.717, 1.165) is 18.9 Å². The molecule has 0 saturated heterocycles. The van der Waals surface area contributed by atoms with E-state index in [1.54, 1.807) is 4.57 Å². The monoisotopic (exact) mass is 282 g/mol. The Morgan fingerprint density at radius 2 is 2.00 bits per heavy atom. The standard InChI is InChI=1S/C14H16F2N2S/c1-14(6-2-3-7-14)8-18-12-10(17-13(18)19)5-4-9(15)11(12)16/h4-5H,2-3,6-8H2,1H3,(H,17,19). The minimum atomic E-state index is -0.827. The molecule has 0 spiro atoms. The summed E-state index contributed by atoms with van der Waals surface area (Å²) in [6.45, 7) is 2.84. The summed E-state index contributed by atoms with van der Waals surface area (Å²) in [6, 6.07) is 2.67. The van der Waals surface area contributed by atoms with Crippen LogP contribution in [0.3, 0.4) is 0 Å². The molecule has 1 N–H and O–H groups in total. The highest BCUT2D eigenvalue weighted by Gasteiger charge is 2.30. The Labute approximate surface area is 115 Å². The Kier molecular flexibility index (Phi) is 2.96. The molecule has 0 amide bonds. The van der Waals surface area contributed by atoms with Gasteiger partial charge >= 0.3 is 0 Å². The molecule has 0 bridgehead atoms. The molecule has 1 fully saturated rings. The number of nitrogens with one attached hydrogen (secondary N) is 1. The first kappa shape index (κ1) is 12.8. The van der Waals surface area contributed by atoms with Gasteiger partial charge in [-0.3, -0.25) is 0 Å². The lowest BCUT2D eigenvalue weighted by molar-refractivity contribution is 0.283. The van der Waals surface area contributed by atoms with Crippen LogP contribution >= 0.6 is 12.2 Å². The number of H-pyrrole nitrogens is 1. The fraction of sp³-hybridized carbons (Fsp3) is 0.500. The molecule has 2 aromatic rings. The van der Waals surface area contributed by atoms with Gasteiger partial charge in [-0.25, -0.2) is 8.78 Å². The lowest BCUT2D eigenvalue weighted by Crippen LogP contribution is -2.20. The number of nitrogens with zero attached hydrogens (tertiary/aromatic N) is 1. The van der Waals surface area contributed by atoms with E-state index in [0.29, 0.717) is 16.8 Å². The molecule has 1 aromatic carbocycles. The molecule has 1 saturated carbocycles. The number of halogens is 2. The summed E-state index contributed by atoms with van der Waals surface area (Å²) >= 11 is 5.26. The van der Waals surface area contributed by atoms with Crippen molar-refractivity contribution in [2.75, 3.05) is 0 Å². The van der Waals surface area contributed by atoms with Crippen LogP contribution in [0.25, 0.3) is 11.0 Å². The first-order chi connectivity index (χ1) is 9.00. The summed E-state index contributed by atoms with van der Waals surface area (Å²) in [5.74, 6) is -1.64. The van der Waals surface area contributed by atoms with Crippen LogP contribution in [0, 0.1) is 21.8 Å². The van der Waals surface area contributed by atoms with Crippen LogP contribution in [-0.2, 0) is 6.54 Å². The van der Waals surface area contributed by atoms with Gasteiger partial charge in [-0.05, 0) is 42.6 Å². The average Bonchev–Trinajstić information content (AvgIpc) is 2.91. The van der Waals surface area contributed by atoms with Crippen LogP contribution in [-0.4, -0.2) is 9.55 Å². The van der Waals surface area contributed by atoms with Gasteiger partial charge in [0, 0.05) is 6.54 Å². The number of fused-ring (bicyclic) bond motifs is 1. The first-order valence-corrected chi connectivity index (χ1v) is 6.98. The largest absolute Gasteiger partial charge is 0.330 e. The maximum atomic E-state index is 14.0. The van der Waals surface area contributed by atoms with Crippen LogP contribution in [0.5, 0.6) is 0 Å². The minimum Gasteiger partial charge on any atom is -0.330 e. The molecular formula is C14H16F2N2S. The molecular weight excluding hydrogens is 266 g/mol. The third-order valence-electron chi connectivity index (χ3n) is 4.18. The van der Waals surface area contributed by atoms with Crippen LogP contribution < -0.4 is 0 Å². The van der Waals surface area contributed by atoms with Crippen molar-refractivity contribution in [2.24, 2.45) is 5.41 Å². The molecule has 102 valence electrons. The van der Waals surface area contributed by atoms with Gasteiger partial charge in [0.25, 0.3) is 0 Å². The zero-order valence-electron chi connectivity index (χ0n) is 10.8. The van der Waals surface area contributed by atoms with Gasteiger partial charge in [-0.1, -0.05) is 19.8 Å². The van der Waals surface area contributed by atoms with Crippen molar-refractivity contribution >= 4 is 23.3 Å². The van der Waals surface area contributed by atoms with E-state index in [2.05, 4.69) is 11.9 Å². The fourth-order valence-electron chi connectivity index (χ4n) is 3.11. The quantitative estimate of drug-likeness (QED) is 0.801. The third kappa shape index (κ3) is 2.10. The predicted molar refractivity (Wildman–Crippen MR) is 73.6 cm³/mol. The zero-order valence-corrected chi connectivity index (χ0v) is 11.6. The molecule has 1 aliphatic rings. The third-order valence-corrected chi connectivity index (χ3v) is 4.50. The molecule has 0 atom stereocenters. The van der Waals surface area contributed by atoms with Crippen LogP contribution in [0.15, 0.2) is 12.1 Å². The molecule has 0 aliphatic heterocycles. The topological polar surface area (TPSA) is 20.7 Å². The lowest BCUT2D eigenvalue weighted by atomic mass is 9.89. The molecule has 5 heteroatoms. The minimum absolute atomic E-state index is 0.131. The van der Waals surface area contributed by atoms with Crippen molar-refractivity contribution in [2.45, 2.75) is 39.2 Å². The molecule has 19 heavy (non-hydrogen) atoms. The Morgan fingerprint density at radius 1 is 1.32 bits per heavy atom. The van der Waals surface area contributed by atoms with Crippen molar-refractivity contribution < 1.29 is 8.78 Å². The van der Waals surface area contributed by atoms with Gasteiger partial charge in [0.2, 0.25) is 0 Å². The van der Waals surface area contributed by atoms with Gasteiger partial charge in [-0.2, -0.15) is 0 Å². The number of benzene rings is 1. The highest BCUT2D eigenvalue weighted by Crippen LogP contribution is 2.39. The van der Waals surface area contributed by atoms with E-state index >= 15 is 0 Å². The smallest absolute Gasteiger partial charge is 0.184 e. The number of hydrogen-bond acceptors (Lipinski definition) is 1. The Balaban J connectivity index is 2.15. The second kappa shape index (κ2) is 4.40. The molecule has 3 rings (SSSR count). The lowest BCUT2D eigenvalue weighted by Gasteiger charge is -2.24. The van der Waals surface area contributed by atoms with E-state index in [9.17, 15) is 8.78 Å². The average molecular weight is 282 g/mol. The summed E-state index contributed by atoms with van der Waals surface area (Å²) in [6.07, 6.45) is 4.61. The van der Waals surface area contributed by atoms with Crippen LogP contribution in [0.1, 0.15) is 32.6 Å². The van der Waals surface area contributed by atoms with E-state index in [-0.39, 0.29) is 10.9 Å². The second-order valence-corrected chi connectivity index (χ2v) is 6.18. The van der Waals surface area contributed by atoms with Gasteiger partial charge < -0.3 is 9.55 Å². The fourth-order valence-corrected chi connectivity index (χ4v) is 3.37. The number of aromatic nitrogens is 2. The van der Waals surface area contributed by atoms with Gasteiger partial charge in [0.05, 0.1) is 5.52 Å². The normalized spacial score (nSPS) is 18.3. The number of rotatable bonds is 2. The molecule has 0 radical (unpaired) electrons. The van der Waals surface area contributed by atoms with Crippen molar-refractivity contribution in [3.05, 3.63) is 28.5 Å². The molecule has 1 aliphatic carbocycles. The summed E-state index contributed by atoms with van der Waals surface area (Å²) in [7, 11) is 0. The Bertz CT molecular complexity index is 681. The maximum absolute atomic E-state index is 14.0. The van der Waals surface area contributed by atoms with Crippen molar-refractivity contribution in [1.29, 1.82) is 0 Å². The Morgan fingerprint density at radius 3 is 2.68 bits per heavy atom. The Hall–Kier alpha value is -1.23. The van der Waals surface area contributed by atoms with Gasteiger partial charge in [0.1, 0.15) is 5.52 Å². The van der Waals surface area contributed by atoms with Gasteiger partial charge in [0.15, 0.2) is 16.4 Å². The van der Waals surface area contributed by atoms with Crippen LogP contribution in [0.2, 0.25) is 0 Å². The number of aromatic amines is 1. The summed E-state index contributed by atoms with van der Waals surface area (Å²) in [4.78, 5) is 2.96. The highest BCUT2D eigenvalue weighted by molar-refractivity contribution is 7.71. The van der Waals surface area contributed by atoms with E-state index < -0.39 is 11.6 Å². The second-order valence-electron chi connectivity index (χ2n) is 5.79. The summed E-state index contributed by atoms with van der Waals surface area (Å²) < 4.78 is 29.6. The van der Waals surface area contributed by atoms with Crippen molar-refractivity contribution in [3.63, 3.8) is 0 Å².